The number of nitrogens with one attached hydrogen (secondary N) is 3. The molecule has 0 unspecified atom stereocenters. The molecule has 1 aliphatic rings. The van der Waals surface area contributed by atoms with E-state index in [1.807, 2.05) is 24.3 Å². The number of primary amides is 1. The minimum Gasteiger partial charge on any atom is -0.466 e. The number of nitrogens with zero attached hydrogens (tertiary/aromatic N) is 2. The normalized spacial score (nSPS) is 14.9. The van der Waals surface area contributed by atoms with Crippen LogP contribution in [0.25, 0.3) is 11.2 Å². The van der Waals surface area contributed by atoms with E-state index in [1.54, 1.807) is 6.33 Å². The molecule has 1 fully saturated rings. The topological polar surface area (TPSA) is 120 Å². The van der Waals surface area contributed by atoms with Gasteiger partial charge in [0, 0.05) is 0 Å². The predicted octanol–water partition coefficient (Wildman–Crippen LogP) is 2.50. The molecule has 8 heteroatoms. The molecular weight excluding hydrogens is 356 g/mol. The van der Waals surface area contributed by atoms with Crippen LogP contribution in [-0.2, 0) is 11.2 Å². The van der Waals surface area contributed by atoms with Crippen LogP contribution < -0.4 is 20.8 Å². The number of amides is 1. The summed E-state index contributed by atoms with van der Waals surface area (Å²) in [5.74, 6) is 1.43. The largest absolute Gasteiger partial charge is 0.466 e. The molecule has 28 heavy (non-hydrogen) atoms. The molecule has 2 heterocycles. The van der Waals surface area contributed by atoms with Gasteiger partial charge in [-0.15, -0.1) is 0 Å². The first-order valence-corrected chi connectivity index (χ1v) is 9.71. The van der Waals surface area contributed by atoms with Crippen LogP contribution in [0.1, 0.15) is 37.7 Å². The van der Waals surface area contributed by atoms with Crippen molar-refractivity contribution in [2.45, 2.75) is 38.5 Å². The fourth-order valence-electron chi connectivity index (χ4n) is 3.61. The number of hydrogen-bond acceptors (Lipinski definition) is 5. The highest BCUT2D eigenvalue weighted by molar-refractivity contribution is 5.77. The minimum atomic E-state index is -0.348. The quantitative estimate of drug-likeness (QED) is 0.581. The van der Waals surface area contributed by atoms with Crippen LogP contribution in [-0.4, -0.2) is 27.5 Å². The first kappa shape index (κ1) is 18.2. The Morgan fingerprint density at radius 2 is 2.04 bits per heavy atom. The van der Waals surface area contributed by atoms with Crippen molar-refractivity contribution in [1.29, 1.82) is 0 Å². The van der Waals surface area contributed by atoms with Crippen LogP contribution in [0, 0.1) is 5.92 Å². The van der Waals surface area contributed by atoms with Gasteiger partial charge in [-0.25, -0.2) is 15.3 Å². The van der Waals surface area contributed by atoms with Crippen molar-refractivity contribution in [2.24, 2.45) is 11.7 Å². The maximum atomic E-state index is 11.0. The molecule has 1 aliphatic carbocycles. The third-order valence-corrected chi connectivity index (χ3v) is 5.08. The molecule has 3 aromatic rings. The van der Waals surface area contributed by atoms with Gasteiger partial charge < -0.3 is 15.5 Å². The van der Waals surface area contributed by atoms with Crippen LogP contribution >= 0.6 is 0 Å². The number of H-pyrrole nitrogens is 2. The summed E-state index contributed by atoms with van der Waals surface area (Å²) in [5, 5.41) is 3.23. The monoisotopic (exact) mass is 381 g/mol. The van der Waals surface area contributed by atoms with Crippen molar-refractivity contribution >= 4 is 28.7 Å². The van der Waals surface area contributed by atoms with Gasteiger partial charge in [0.2, 0.25) is 5.91 Å². The summed E-state index contributed by atoms with van der Waals surface area (Å²) in [5.41, 5.74) is 8.29. The van der Waals surface area contributed by atoms with Crippen LogP contribution in [0.5, 0.6) is 5.88 Å². The maximum Gasteiger partial charge on any atom is 0.399 e. The summed E-state index contributed by atoms with van der Waals surface area (Å²) in [7, 11) is 0. The molecule has 1 saturated carbocycles. The van der Waals surface area contributed by atoms with Crippen LogP contribution in [0.4, 0.5) is 11.6 Å². The van der Waals surface area contributed by atoms with Gasteiger partial charge in [-0.3, -0.25) is 4.79 Å². The first-order chi connectivity index (χ1) is 13.7. The number of aromatic nitrogens is 4. The average Bonchev–Trinajstić information content (AvgIpc) is 3.17. The molecule has 0 spiro atoms. The Bertz CT molecular complexity index is 947. The molecule has 4 rings (SSSR count). The molecule has 2 aromatic heterocycles. The number of ether oxygens (including phenoxy) is 1. The van der Waals surface area contributed by atoms with E-state index in [0.717, 1.165) is 16.8 Å². The lowest BCUT2D eigenvalue weighted by atomic mass is 9.90. The molecule has 0 atom stereocenters. The molecule has 0 bridgehead atoms. The van der Waals surface area contributed by atoms with Crippen molar-refractivity contribution in [3.63, 3.8) is 0 Å². The van der Waals surface area contributed by atoms with Crippen molar-refractivity contribution in [3.8, 4) is 5.88 Å². The zero-order chi connectivity index (χ0) is 19.3. The number of nitrogens with two attached hydrogens (primary N) is 1. The molecule has 146 valence electrons. The third-order valence-electron chi connectivity index (χ3n) is 5.08. The Morgan fingerprint density at radius 3 is 2.79 bits per heavy atom. The number of anilines is 2. The zero-order valence-electron chi connectivity index (χ0n) is 15.7. The van der Waals surface area contributed by atoms with Gasteiger partial charge in [-0.2, -0.15) is 0 Å². The summed E-state index contributed by atoms with van der Waals surface area (Å²) in [6.07, 6.45) is 8.18. The highest BCUT2D eigenvalue weighted by atomic mass is 16.5. The second-order valence-corrected chi connectivity index (χ2v) is 7.30. The Hall–Kier alpha value is -3.16. The average molecular weight is 381 g/mol. The van der Waals surface area contributed by atoms with E-state index in [9.17, 15) is 4.79 Å². The number of aromatic amines is 2. The molecule has 0 radical (unpaired) electrons. The van der Waals surface area contributed by atoms with Crippen LogP contribution in [0.15, 0.2) is 30.6 Å². The summed E-state index contributed by atoms with van der Waals surface area (Å²) in [4.78, 5) is 26.1. The van der Waals surface area contributed by atoms with Crippen LogP contribution in [0.2, 0.25) is 0 Å². The van der Waals surface area contributed by atoms with E-state index < -0.39 is 0 Å². The number of carbonyl (C=O) groups excluding carboxylic acids is 1. The number of fused-ring (bicyclic) bond motifs is 1. The van der Waals surface area contributed by atoms with Crippen LogP contribution in [0.3, 0.4) is 0 Å². The van der Waals surface area contributed by atoms with Gasteiger partial charge in [0.15, 0.2) is 5.52 Å². The maximum absolute atomic E-state index is 11.0. The standard InChI is InChI=1S/C20H24N6O2/c21-16(27)10-13-6-8-15(9-7-13)24-20-25-18-17(22-12-23-18)19(26-20)28-11-14-4-2-1-3-5-14/h6-9,12,14H,1-5,10-11H2,(H2,21,27)(H2,22,23,24,25,26)/p+1. The van der Waals surface area contributed by atoms with Gasteiger partial charge in [0.25, 0.3) is 11.5 Å². The van der Waals surface area contributed by atoms with Gasteiger partial charge in [0.1, 0.15) is 0 Å². The Balaban J connectivity index is 1.50. The van der Waals surface area contributed by atoms with Crippen molar-refractivity contribution in [1.82, 2.24) is 15.0 Å². The zero-order valence-corrected chi connectivity index (χ0v) is 15.7. The molecule has 0 aliphatic heterocycles. The Morgan fingerprint density at radius 1 is 1.25 bits per heavy atom. The smallest absolute Gasteiger partial charge is 0.399 e. The Labute approximate surface area is 162 Å². The number of hydrogen-bond donors (Lipinski definition) is 3. The summed E-state index contributed by atoms with van der Waals surface area (Å²) in [6, 6.07) is 7.48. The summed E-state index contributed by atoms with van der Waals surface area (Å²) in [6.45, 7) is 0.690. The lowest BCUT2D eigenvalue weighted by molar-refractivity contribution is -0.380. The second kappa shape index (κ2) is 8.24. The van der Waals surface area contributed by atoms with Gasteiger partial charge in [0.05, 0.1) is 25.0 Å². The molecular formula is C20H25N6O2+. The highest BCUT2D eigenvalue weighted by Gasteiger charge is 2.20. The summed E-state index contributed by atoms with van der Waals surface area (Å²) >= 11 is 0. The minimum absolute atomic E-state index is 0.225. The van der Waals surface area contributed by atoms with Gasteiger partial charge in [-0.05, 0) is 41.4 Å². The molecule has 5 N–H and O–H groups in total. The highest BCUT2D eigenvalue weighted by Crippen LogP contribution is 2.25. The molecule has 0 saturated heterocycles. The lowest BCUT2D eigenvalue weighted by Gasteiger charge is -2.21. The van der Waals surface area contributed by atoms with E-state index in [2.05, 4.69) is 25.3 Å². The molecule has 1 amide bonds. The van der Waals surface area contributed by atoms with E-state index in [4.69, 9.17) is 10.5 Å². The van der Waals surface area contributed by atoms with E-state index in [1.165, 1.54) is 32.1 Å². The SMILES string of the molecule is NC(=O)Cc1ccc(Nc2nc3nc[nH]c3c(OCC3CCCCC3)[nH+]2)cc1. The molecule has 1 aromatic carbocycles. The third kappa shape index (κ3) is 4.39. The van der Waals surface area contributed by atoms with Gasteiger partial charge >= 0.3 is 5.95 Å². The Kier molecular flexibility index (Phi) is 5.36. The van der Waals surface area contributed by atoms with E-state index in [-0.39, 0.29) is 12.3 Å². The van der Waals surface area contributed by atoms with Crippen molar-refractivity contribution in [3.05, 3.63) is 36.2 Å². The first-order valence-electron chi connectivity index (χ1n) is 9.71. The number of carbonyl (C=O) groups is 1. The van der Waals surface area contributed by atoms with Crippen molar-refractivity contribution in [2.75, 3.05) is 11.9 Å². The second-order valence-electron chi connectivity index (χ2n) is 7.30. The lowest BCUT2D eigenvalue weighted by Crippen LogP contribution is -2.21. The predicted molar refractivity (Wildman–Crippen MR) is 105 cm³/mol. The molecule has 8 nitrogen and oxygen atoms in total. The number of rotatable bonds is 7. The number of imidazole rings is 1. The number of benzene rings is 1. The fraction of sp³-hybridized carbons (Fsp3) is 0.400. The van der Waals surface area contributed by atoms with E-state index >= 15 is 0 Å². The van der Waals surface area contributed by atoms with Crippen molar-refractivity contribution < 1.29 is 14.5 Å². The van der Waals surface area contributed by atoms with E-state index in [0.29, 0.717) is 30.0 Å². The fourth-order valence-corrected chi connectivity index (χ4v) is 3.61. The summed E-state index contributed by atoms with van der Waals surface area (Å²) < 4.78 is 6.10. The van der Waals surface area contributed by atoms with Gasteiger partial charge in [-0.1, -0.05) is 31.4 Å².